The van der Waals surface area contributed by atoms with Crippen LogP contribution in [0.25, 0.3) is 0 Å². The van der Waals surface area contributed by atoms with E-state index in [9.17, 15) is 23.3 Å². The average Bonchev–Trinajstić information content (AvgIpc) is 2.40. The number of ether oxygens (including phenoxy) is 1. The third-order valence-electron chi connectivity index (χ3n) is 2.54. The molecule has 0 aromatic heterocycles. The van der Waals surface area contributed by atoms with E-state index in [1.165, 1.54) is 18.2 Å². The van der Waals surface area contributed by atoms with Crippen molar-refractivity contribution >= 4 is 5.69 Å². The number of nitro groups is 1. The number of hydrogen-bond donors (Lipinski definition) is 0. The van der Waals surface area contributed by atoms with Crippen LogP contribution in [0.2, 0.25) is 0 Å². The van der Waals surface area contributed by atoms with Gasteiger partial charge in [0.1, 0.15) is 12.4 Å². The fourth-order valence-electron chi connectivity index (χ4n) is 1.55. The Kier molecular flexibility index (Phi) is 3.88. The summed E-state index contributed by atoms with van der Waals surface area (Å²) in [6.07, 6.45) is 0. The van der Waals surface area contributed by atoms with Crippen LogP contribution in [0.5, 0.6) is 5.75 Å². The summed E-state index contributed by atoms with van der Waals surface area (Å²) in [6, 6.07) is 6.53. The highest BCUT2D eigenvalue weighted by atomic mass is 19.2. The van der Waals surface area contributed by atoms with E-state index < -0.39 is 28.1 Å². The minimum Gasteiger partial charge on any atom is -0.489 e. The van der Waals surface area contributed by atoms with Crippen molar-refractivity contribution in [2.24, 2.45) is 0 Å². The zero-order chi connectivity index (χ0) is 14.7. The van der Waals surface area contributed by atoms with Gasteiger partial charge in [0, 0.05) is 17.7 Å². The maximum absolute atomic E-state index is 13.3. The molecule has 0 N–H and O–H groups in total. The maximum atomic E-state index is 13.3. The third kappa shape index (κ3) is 2.87. The van der Waals surface area contributed by atoms with Crippen molar-refractivity contribution in [3.8, 4) is 5.75 Å². The van der Waals surface area contributed by atoms with Gasteiger partial charge in [-0.15, -0.1) is 0 Å². The van der Waals surface area contributed by atoms with Crippen molar-refractivity contribution in [2.45, 2.75) is 6.61 Å². The Morgan fingerprint density at radius 1 is 1.10 bits per heavy atom. The normalized spacial score (nSPS) is 10.3. The van der Waals surface area contributed by atoms with E-state index in [4.69, 9.17) is 4.74 Å². The van der Waals surface area contributed by atoms with Gasteiger partial charge < -0.3 is 4.74 Å². The number of halogens is 3. The van der Waals surface area contributed by atoms with E-state index in [0.717, 1.165) is 18.2 Å². The first kappa shape index (κ1) is 13.9. The van der Waals surface area contributed by atoms with Crippen molar-refractivity contribution in [3.05, 3.63) is 69.5 Å². The van der Waals surface area contributed by atoms with Gasteiger partial charge in [0.2, 0.25) is 5.82 Å². The van der Waals surface area contributed by atoms with E-state index in [-0.39, 0.29) is 17.9 Å². The van der Waals surface area contributed by atoms with Crippen molar-refractivity contribution < 1.29 is 22.8 Å². The number of rotatable bonds is 4. The SMILES string of the molecule is O=[N+]([O-])c1ccc(OCc2cccc(F)c2F)cc1F. The first-order valence-corrected chi connectivity index (χ1v) is 5.48. The largest absolute Gasteiger partial charge is 0.489 e. The molecule has 2 aromatic carbocycles. The van der Waals surface area contributed by atoms with Gasteiger partial charge >= 0.3 is 5.69 Å². The van der Waals surface area contributed by atoms with Crippen LogP contribution < -0.4 is 4.74 Å². The highest BCUT2D eigenvalue weighted by molar-refractivity contribution is 5.38. The lowest BCUT2D eigenvalue weighted by Gasteiger charge is -2.07. The van der Waals surface area contributed by atoms with Crippen molar-refractivity contribution in [1.82, 2.24) is 0 Å². The Morgan fingerprint density at radius 3 is 2.50 bits per heavy atom. The molecular weight excluding hydrogens is 275 g/mol. The number of nitro benzene ring substituents is 1. The van der Waals surface area contributed by atoms with Crippen LogP contribution >= 0.6 is 0 Å². The third-order valence-corrected chi connectivity index (χ3v) is 2.54. The molecule has 2 aromatic rings. The van der Waals surface area contributed by atoms with Gasteiger partial charge in [-0.1, -0.05) is 12.1 Å². The molecule has 2 rings (SSSR count). The fourth-order valence-corrected chi connectivity index (χ4v) is 1.55. The van der Waals surface area contributed by atoms with Crippen LogP contribution in [0.3, 0.4) is 0 Å². The lowest BCUT2D eigenvalue weighted by Crippen LogP contribution is -2.01. The first-order chi connectivity index (χ1) is 9.49. The standard InChI is InChI=1S/C13H8F3NO3/c14-10-3-1-2-8(13(10)16)7-20-9-4-5-12(17(18)19)11(15)6-9/h1-6H,7H2. The van der Waals surface area contributed by atoms with Crippen LogP contribution in [-0.2, 0) is 6.61 Å². The van der Waals surface area contributed by atoms with Crippen molar-refractivity contribution in [3.63, 3.8) is 0 Å². The van der Waals surface area contributed by atoms with Gasteiger partial charge in [-0.25, -0.2) is 8.78 Å². The summed E-state index contributed by atoms with van der Waals surface area (Å²) in [5.41, 5.74) is -0.724. The molecule has 0 bridgehead atoms. The summed E-state index contributed by atoms with van der Waals surface area (Å²) in [6.45, 7) is -0.319. The highest BCUT2D eigenvalue weighted by Crippen LogP contribution is 2.23. The molecule has 4 nitrogen and oxygen atoms in total. The van der Waals surface area contributed by atoms with E-state index in [2.05, 4.69) is 0 Å². The van der Waals surface area contributed by atoms with Crippen LogP contribution in [-0.4, -0.2) is 4.92 Å². The topological polar surface area (TPSA) is 52.4 Å². The van der Waals surface area contributed by atoms with Gasteiger partial charge in [0.25, 0.3) is 0 Å². The molecule has 0 aliphatic heterocycles. The number of hydrogen-bond acceptors (Lipinski definition) is 3. The molecule has 20 heavy (non-hydrogen) atoms. The zero-order valence-electron chi connectivity index (χ0n) is 9.98. The Balaban J connectivity index is 2.13. The molecule has 0 aliphatic rings. The van der Waals surface area contributed by atoms with E-state index in [0.29, 0.717) is 0 Å². The second-order valence-corrected chi connectivity index (χ2v) is 3.87. The van der Waals surface area contributed by atoms with Gasteiger partial charge in [-0.2, -0.15) is 4.39 Å². The molecule has 0 radical (unpaired) electrons. The highest BCUT2D eigenvalue weighted by Gasteiger charge is 2.15. The summed E-state index contributed by atoms with van der Waals surface area (Å²) in [5.74, 6) is -3.14. The van der Waals surface area contributed by atoms with Crippen LogP contribution in [0.1, 0.15) is 5.56 Å². The molecule has 0 saturated carbocycles. The Hall–Kier alpha value is -2.57. The lowest BCUT2D eigenvalue weighted by atomic mass is 10.2. The van der Waals surface area contributed by atoms with Gasteiger partial charge in [0.05, 0.1) is 4.92 Å². The number of benzene rings is 2. The molecule has 0 amide bonds. The van der Waals surface area contributed by atoms with Crippen LogP contribution in [0, 0.1) is 27.6 Å². The fraction of sp³-hybridized carbons (Fsp3) is 0.0769. The van der Waals surface area contributed by atoms with Gasteiger partial charge in [-0.05, 0) is 12.1 Å². The summed E-state index contributed by atoms with van der Waals surface area (Å²) in [7, 11) is 0. The molecule has 0 aliphatic carbocycles. The Labute approximate surface area is 111 Å². The molecule has 0 atom stereocenters. The van der Waals surface area contributed by atoms with E-state index in [1.807, 2.05) is 0 Å². The predicted octanol–water partition coefficient (Wildman–Crippen LogP) is 3.59. The average molecular weight is 283 g/mol. The van der Waals surface area contributed by atoms with Crippen LogP contribution in [0.15, 0.2) is 36.4 Å². The second-order valence-electron chi connectivity index (χ2n) is 3.87. The smallest absolute Gasteiger partial charge is 0.305 e. The molecule has 0 unspecified atom stereocenters. The quantitative estimate of drug-likeness (QED) is 0.636. The predicted molar refractivity (Wildman–Crippen MR) is 63.7 cm³/mol. The van der Waals surface area contributed by atoms with E-state index in [1.54, 1.807) is 0 Å². The van der Waals surface area contributed by atoms with Crippen molar-refractivity contribution in [1.29, 1.82) is 0 Å². The Morgan fingerprint density at radius 2 is 1.85 bits per heavy atom. The monoisotopic (exact) mass is 283 g/mol. The van der Waals surface area contributed by atoms with E-state index >= 15 is 0 Å². The Bertz CT molecular complexity index is 661. The minimum atomic E-state index is -1.06. The first-order valence-electron chi connectivity index (χ1n) is 5.48. The molecule has 104 valence electrons. The van der Waals surface area contributed by atoms with Crippen LogP contribution in [0.4, 0.5) is 18.9 Å². The molecule has 0 spiro atoms. The molecule has 0 saturated heterocycles. The number of nitrogens with zero attached hydrogens (tertiary/aromatic N) is 1. The minimum absolute atomic E-state index is 0.0169. The summed E-state index contributed by atoms with van der Waals surface area (Å²) in [5, 5.41) is 10.4. The van der Waals surface area contributed by atoms with Gasteiger partial charge in [0.15, 0.2) is 11.6 Å². The maximum Gasteiger partial charge on any atom is 0.305 e. The molecule has 0 fully saturated rings. The molecule has 0 heterocycles. The van der Waals surface area contributed by atoms with Crippen molar-refractivity contribution in [2.75, 3.05) is 0 Å². The summed E-state index contributed by atoms with van der Waals surface area (Å²) < 4.78 is 44.7. The van der Waals surface area contributed by atoms with Gasteiger partial charge in [-0.3, -0.25) is 10.1 Å². The molecule has 7 heteroatoms. The zero-order valence-corrected chi connectivity index (χ0v) is 9.98. The summed E-state index contributed by atoms with van der Waals surface area (Å²) >= 11 is 0. The second kappa shape index (κ2) is 5.60. The summed E-state index contributed by atoms with van der Waals surface area (Å²) in [4.78, 5) is 9.56. The molecular formula is C13H8F3NO3. The lowest BCUT2D eigenvalue weighted by molar-refractivity contribution is -0.387.